The van der Waals surface area contributed by atoms with E-state index in [-0.39, 0.29) is 24.0 Å². The molecule has 1 fully saturated rings. The first kappa shape index (κ1) is 24.6. The highest BCUT2D eigenvalue weighted by molar-refractivity contribution is 14.0. The van der Waals surface area contributed by atoms with Gasteiger partial charge in [-0.25, -0.2) is 4.99 Å². The summed E-state index contributed by atoms with van der Waals surface area (Å²) in [5.74, 6) is 2.69. The maximum absolute atomic E-state index is 4.78. The lowest BCUT2D eigenvalue weighted by atomic mass is 10.0. The number of unbranched alkanes of at least 4 members (excludes halogenated alkanes) is 1. The molecule has 30 heavy (non-hydrogen) atoms. The van der Waals surface area contributed by atoms with Gasteiger partial charge < -0.3 is 15.2 Å². The van der Waals surface area contributed by atoms with Crippen LogP contribution in [0.3, 0.4) is 0 Å². The molecule has 2 heterocycles. The number of hydrogen-bond donors (Lipinski definition) is 2. The lowest BCUT2D eigenvalue weighted by Crippen LogP contribution is -2.48. The molecule has 7 nitrogen and oxygen atoms in total. The Labute approximate surface area is 197 Å². The van der Waals surface area contributed by atoms with Crippen LogP contribution in [-0.4, -0.2) is 51.3 Å². The normalized spacial score (nSPS) is 15.6. The number of aryl methyl sites for hydroxylation is 1. The number of benzene rings is 1. The second-order valence-corrected chi connectivity index (χ2v) is 7.85. The van der Waals surface area contributed by atoms with E-state index >= 15 is 0 Å². The molecule has 8 heteroatoms. The number of piperidine rings is 1. The SMILES string of the molecule is CCCCNC(=NCc1nnc(C)n1C)NC1CCN(Cc2ccccc2)CC1.I. The van der Waals surface area contributed by atoms with Crippen molar-refractivity contribution in [2.75, 3.05) is 19.6 Å². The fourth-order valence-corrected chi connectivity index (χ4v) is 3.54. The zero-order chi connectivity index (χ0) is 20.5. The van der Waals surface area contributed by atoms with E-state index in [0.717, 1.165) is 63.0 Å². The second-order valence-electron chi connectivity index (χ2n) is 7.85. The van der Waals surface area contributed by atoms with Crippen LogP contribution < -0.4 is 10.6 Å². The summed E-state index contributed by atoms with van der Waals surface area (Å²) in [6.07, 6.45) is 4.56. The molecule has 0 aliphatic carbocycles. The van der Waals surface area contributed by atoms with Gasteiger partial charge in [-0.3, -0.25) is 4.90 Å². The summed E-state index contributed by atoms with van der Waals surface area (Å²) in [7, 11) is 1.99. The molecule has 0 radical (unpaired) electrons. The van der Waals surface area contributed by atoms with Crippen LogP contribution in [0.1, 0.15) is 49.8 Å². The van der Waals surface area contributed by atoms with Gasteiger partial charge in [-0.1, -0.05) is 43.7 Å². The molecule has 2 N–H and O–H groups in total. The average Bonchev–Trinajstić information content (AvgIpc) is 3.06. The maximum atomic E-state index is 4.78. The highest BCUT2D eigenvalue weighted by Gasteiger charge is 2.20. The van der Waals surface area contributed by atoms with E-state index in [2.05, 4.69) is 63.0 Å². The van der Waals surface area contributed by atoms with Gasteiger partial charge in [0.25, 0.3) is 0 Å². The monoisotopic (exact) mass is 525 g/mol. The lowest BCUT2D eigenvalue weighted by Gasteiger charge is -2.33. The first-order valence-corrected chi connectivity index (χ1v) is 10.8. The average molecular weight is 525 g/mol. The van der Waals surface area contributed by atoms with E-state index < -0.39 is 0 Å². The van der Waals surface area contributed by atoms with E-state index in [4.69, 9.17) is 4.99 Å². The van der Waals surface area contributed by atoms with Gasteiger partial charge in [0, 0.05) is 39.3 Å². The van der Waals surface area contributed by atoms with Crippen molar-refractivity contribution in [3.8, 4) is 0 Å². The molecule has 0 unspecified atom stereocenters. The lowest BCUT2D eigenvalue weighted by molar-refractivity contribution is 0.198. The summed E-state index contributed by atoms with van der Waals surface area (Å²) in [4.78, 5) is 7.32. The molecule has 3 rings (SSSR count). The van der Waals surface area contributed by atoms with E-state index in [0.29, 0.717) is 12.6 Å². The largest absolute Gasteiger partial charge is 0.356 e. The molecule has 0 amide bonds. The van der Waals surface area contributed by atoms with Crippen LogP contribution in [0.2, 0.25) is 0 Å². The van der Waals surface area contributed by atoms with E-state index in [9.17, 15) is 0 Å². The van der Waals surface area contributed by atoms with Crippen molar-refractivity contribution >= 4 is 29.9 Å². The Hall–Kier alpha value is -1.68. The maximum Gasteiger partial charge on any atom is 0.191 e. The predicted molar refractivity (Wildman–Crippen MR) is 133 cm³/mol. The summed E-state index contributed by atoms with van der Waals surface area (Å²) in [5.41, 5.74) is 1.39. The summed E-state index contributed by atoms with van der Waals surface area (Å²) in [6, 6.07) is 11.2. The molecule has 1 aliphatic rings. The van der Waals surface area contributed by atoms with Crippen LogP contribution >= 0.6 is 24.0 Å². The Morgan fingerprint density at radius 3 is 2.53 bits per heavy atom. The van der Waals surface area contributed by atoms with Gasteiger partial charge in [0.1, 0.15) is 12.4 Å². The molecule has 2 aromatic rings. The van der Waals surface area contributed by atoms with Crippen LogP contribution in [0.5, 0.6) is 0 Å². The molecule has 0 atom stereocenters. The number of hydrogen-bond acceptors (Lipinski definition) is 4. The number of likely N-dealkylation sites (tertiary alicyclic amines) is 1. The van der Waals surface area contributed by atoms with Crippen LogP contribution in [-0.2, 0) is 20.1 Å². The Morgan fingerprint density at radius 2 is 1.90 bits per heavy atom. The van der Waals surface area contributed by atoms with Gasteiger partial charge in [-0.2, -0.15) is 0 Å². The summed E-state index contributed by atoms with van der Waals surface area (Å²) in [5, 5.41) is 15.5. The predicted octanol–water partition coefficient (Wildman–Crippen LogP) is 3.24. The van der Waals surface area contributed by atoms with Gasteiger partial charge in [-0.15, -0.1) is 34.2 Å². The number of aromatic nitrogens is 3. The summed E-state index contributed by atoms with van der Waals surface area (Å²) < 4.78 is 2.00. The fraction of sp³-hybridized carbons (Fsp3) is 0.591. The van der Waals surface area contributed by atoms with E-state index in [1.807, 2.05) is 18.5 Å². The van der Waals surface area contributed by atoms with Crippen molar-refractivity contribution in [1.82, 2.24) is 30.3 Å². The first-order valence-electron chi connectivity index (χ1n) is 10.8. The highest BCUT2D eigenvalue weighted by atomic mass is 127. The van der Waals surface area contributed by atoms with Crippen LogP contribution in [0.4, 0.5) is 0 Å². The van der Waals surface area contributed by atoms with Crippen molar-refractivity contribution in [3.63, 3.8) is 0 Å². The fourth-order valence-electron chi connectivity index (χ4n) is 3.54. The van der Waals surface area contributed by atoms with Crippen molar-refractivity contribution < 1.29 is 0 Å². The van der Waals surface area contributed by atoms with E-state index in [1.165, 1.54) is 12.0 Å². The van der Waals surface area contributed by atoms with Crippen LogP contribution in [0, 0.1) is 6.92 Å². The standard InChI is InChI=1S/C22H35N7.HI/c1-4-5-13-23-22(24-16-21-27-26-18(2)28(21)3)25-20-11-14-29(15-12-20)17-19-9-7-6-8-10-19;/h6-10,20H,4-5,11-17H2,1-3H3,(H2,23,24,25);1H. The van der Waals surface area contributed by atoms with Crippen molar-refractivity contribution in [2.45, 2.75) is 58.7 Å². The molecule has 1 aliphatic heterocycles. The minimum absolute atomic E-state index is 0. The smallest absolute Gasteiger partial charge is 0.191 e. The minimum atomic E-state index is 0. The topological polar surface area (TPSA) is 70.4 Å². The molecule has 0 saturated carbocycles. The van der Waals surface area contributed by atoms with Crippen LogP contribution in [0.15, 0.2) is 35.3 Å². The minimum Gasteiger partial charge on any atom is -0.356 e. The van der Waals surface area contributed by atoms with Crippen molar-refractivity contribution in [1.29, 1.82) is 0 Å². The molecular formula is C22H36IN7. The number of rotatable bonds is 8. The first-order chi connectivity index (χ1) is 14.2. The zero-order valence-electron chi connectivity index (χ0n) is 18.5. The van der Waals surface area contributed by atoms with Gasteiger partial charge in [0.2, 0.25) is 0 Å². The van der Waals surface area contributed by atoms with Crippen LogP contribution in [0.25, 0.3) is 0 Å². The summed E-state index contributed by atoms with van der Waals surface area (Å²) >= 11 is 0. The van der Waals surface area contributed by atoms with Crippen molar-refractivity contribution in [3.05, 3.63) is 47.5 Å². The number of aliphatic imine (C=N–C) groups is 1. The number of halogens is 1. The Bertz CT molecular complexity index is 767. The molecule has 166 valence electrons. The van der Waals surface area contributed by atoms with Gasteiger partial charge in [0.05, 0.1) is 0 Å². The third kappa shape index (κ3) is 7.54. The molecule has 0 spiro atoms. The number of nitrogens with zero attached hydrogens (tertiary/aromatic N) is 5. The molecule has 1 aromatic heterocycles. The summed E-state index contributed by atoms with van der Waals surface area (Å²) in [6.45, 7) is 8.89. The van der Waals surface area contributed by atoms with Gasteiger partial charge >= 0.3 is 0 Å². The van der Waals surface area contributed by atoms with Crippen molar-refractivity contribution in [2.24, 2.45) is 12.0 Å². The molecular weight excluding hydrogens is 489 g/mol. The Balaban J connectivity index is 0.00000320. The molecule has 0 bridgehead atoms. The van der Waals surface area contributed by atoms with E-state index in [1.54, 1.807) is 0 Å². The highest BCUT2D eigenvalue weighted by Crippen LogP contribution is 2.14. The number of nitrogens with one attached hydrogen (secondary N) is 2. The number of guanidine groups is 1. The third-order valence-electron chi connectivity index (χ3n) is 5.56. The Kier molecular flexibility index (Phi) is 10.6. The molecule has 1 saturated heterocycles. The Morgan fingerprint density at radius 1 is 1.17 bits per heavy atom. The van der Waals surface area contributed by atoms with Gasteiger partial charge in [-0.05, 0) is 31.7 Å². The quantitative estimate of drug-likeness (QED) is 0.240. The third-order valence-corrected chi connectivity index (χ3v) is 5.56. The van der Waals surface area contributed by atoms with Gasteiger partial charge in [0.15, 0.2) is 11.8 Å². The zero-order valence-corrected chi connectivity index (χ0v) is 20.8. The molecule has 1 aromatic carbocycles. The second kappa shape index (κ2) is 12.9.